The van der Waals surface area contributed by atoms with Crippen molar-refractivity contribution in [2.24, 2.45) is 0 Å². The summed E-state index contributed by atoms with van der Waals surface area (Å²) in [5, 5.41) is 3.01. The molecule has 0 aliphatic carbocycles. The number of piperazine rings is 1. The molecule has 0 spiro atoms. The highest BCUT2D eigenvalue weighted by Gasteiger charge is 2.25. The van der Waals surface area contributed by atoms with E-state index in [4.69, 9.17) is 0 Å². The summed E-state index contributed by atoms with van der Waals surface area (Å²) < 4.78 is 13.0. The second-order valence-electron chi connectivity index (χ2n) is 6.38. The Morgan fingerprint density at radius 2 is 1.68 bits per heavy atom. The minimum absolute atomic E-state index is 0.0547. The highest BCUT2D eigenvalue weighted by atomic mass is 19.1. The first-order valence-electron chi connectivity index (χ1n) is 8.70. The fourth-order valence-corrected chi connectivity index (χ4v) is 3.12. The summed E-state index contributed by atoms with van der Waals surface area (Å²) in [5.74, 6) is -0.162. The molecule has 2 aromatic rings. The number of rotatable bonds is 5. The van der Waals surface area contributed by atoms with Crippen LogP contribution in [0.5, 0.6) is 0 Å². The molecule has 2 aromatic carbocycles. The van der Waals surface area contributed by atoms with Crippen LogP contribution in [-0.4, -0.2) is 43.0 Å². The predicted molar refractivity (Wildman–Crippen MR) is 97.9 cm³/mol. The maximum Gasteiger partial charge on any atom is 0.237 e. The average molecular weight is 341 g/mol. The van der Waals surface area contributed by atoms with Crippen molar-refractivity contribution in [3.8, 4) is 0 Å². The molecule has 132 valence electrons. The Labute approximate surface area is 148 Å². The van der Waals surface area contributed by atoms with Gasteiger partial charge in [0.05, 0.1) is 6.04 Å². The van der Waals surface area contributed by atoms with Crippen LogP contribution in [0.25, 0.3) is 0 Å². The van der Waals surface area contributed by atoms with Gasteiger partial charge in [-0.15, -0.1) is 0 Å². The van der Waals surface area contributed by atoms with Gasteiger partial charge >= 0.3 is 0 Å². The van der Waals surface area contributed by atoms with Crippen LogP contribution in [0.15, 0.2) is 54.6 Å². The minimum Gasteiger partial charge on any atom is -0.369 e. The number of hydrogen-bond donors (Lipinski definition) is 1. The lowest BCUT2D eigenvalue weighted by Crippen LogP contribution is -2.53. The SMILES string of the molecule is C[C@@H](C(=O)NCc1ccccc1)N1CCN(c2ccc(F)cc2)CC1. The van der Waals surface area contributed by atoms with Gasteiger partial charge in [-0.2, -0.15) is 0 Å². The first kappa shape index (κ1) is 17.4. The van der Waals surface area contributed by atoms with Crippen LogP contribution in [0, 0.1) is 5.82 Å². The fraction of sp³-hybridized carbons (Fsp3) is 0.350. The highest BCUT2D eigenvalue weighted by molar-refractivity contribution is 5.81. The average Bonchev–Trinajstić information content (AvgIpc) is 2.67. The molecule has 1 aliphatic heterocycles. The van der Waals surface area contributed by atoms with Crippen molar-refractivity contribution < 1.29 is 9.18 Å². The van der Waals surface area contributed by atoms with E-state index < -0.39 is 0 Å². The molecular formula is C20H24FN3O. The molecule has 0 bridgehead atoms. The summed E-state index contributed by atoms with van der Waals surface area (Å²) in [7, 11) is 0. The molecule has 1 N–H and O–H groups in total. The highest BCUT2D eigenvalue weighted by Crippen LogP contribution is 2.17. The molecule has 5 heteroatoms. The summed E-state index contributed by atoms with van der Waals surface area (Å²) >= 11 is 0. The van der Waals surface area contributed by atoms with Gasteiger partial charge in [-0.3, -0.25) is 9.69 Å². The molecular weight excluding hydrogens is 317 g/mol. The lowest BCUT2D eigenvalue weighted by atomic mass is 10.2. The molecule has 1 fully saturated rings. The third kappa shape index (κ3) is 4.57. The third-order valence-electron chi connectivity index (χ3n) is 4.74. The Balaban J connectivity index is 1.48. The number of carbonyl (C=O) groups is 1. The van der Waals surface area contributed by atoms with E-state index in [-0.39, 0.29) is 17.8 Å². The van der Waals surface area contributed by atoms with Gasteiger partial charge in [0.25, 0.3) is 0 Å². The van der Waals surface area contributed by atoms with E-state index in [9.17, 15) is 9.18 Å². The van der Waals surface area contributed by atoms with E-state index in [0.717, 1.165) is 37.4 Å². The van der Waals surface area contributed by atoms with E-state index in [0.29, 0.717) is 6.54 Å². The van der Waals surface area contributed by atoms with Gasteiger partial charge < -0.3 is 10.2 Å². The predicted octanol–water partition coefficient (Wildman–Crippen LogP) is 2.65. The van der Waals surface area contributed by atoms with E-state index in [1.54, 1.807) is 12.1 Å². The molecule has 0 aromatic heterocycles. The fourth-order valence-electron chi connectivity index (χ4n) is 3.12. The Morgan fingerprint density at radius 3 is 2.32 bits per heavy atom. The summed E-state index contributed by atoms with van der Waals surface area (Å²) in [5.41, 5.74) is 2.13. The molecule has 1 aliphatic rings. The maximum atomic E-state index is 13.0. The second-order valence-corrected chi connectivity index (χ2v) is 6.38. The topological polar surface area (TPSA) is 35.6 Å². The van der Waals surface area contributed by atoms with Crippen molar-refractivity contribution >= 4 is 11.6 Å². The first-order chi connectivity index (χ1) is 12.1. The van der Waals surface area contributed by atoms with Crippen molar-refractivity contribution in [2.75, 3.05) is 31.1 Å². The normalized spacial score (nSPS) is 16.5. The molecule has 3 rings (SSSR count). The van der Waals surface area contributed by atoms with E-state index >= 15 is 0 Å². The van der Waals surface area contributed by atoms with Gasteiger partial charge in [0, 0.05) is 38.4 Å². The first-order valence-corrected chi connectivity index (χ1v) is 8.70. The van der Waals surface area contributed by atoms with Crippen LogP contribution < -0.4 is 10.2 Å². The monoisotopic (exact) mass is 341 g/mol. The van der Waals surface area contributed by atoms with E-state index in [1.807, 2.05) is 37.3 Å². The van der Waals surface area contributed by atoms with Crippen molar-refractivity contribution in [3.05, 3.63) is 66.0 Å². The number of halogens is 1. The van der Waals surface area contributed by atoms with E-state index in [1.165, 1.54) is 12.1 Å². The molecule has 1 heterocycles. The van der Waals surface area contributed by atoms with Gasteiger partial charge in [0.1, 0.15) is 5.82 Å². The van der Waals surface area contributed by atoms with Crippen LogP contribution in [0.4, 0.5) is 10.1 Å². The zero-order chi connectivity index (χ0) is 17.6. The summed E-state index contributed by atoms with van der Waals surface area (Å²) in [4.78, 5) is 16.8. The molecule has 4 nitrogen and oxygen atoms in total. The van der Waals surface area contributed by atoms with Crippen LogP contribution >= 0.6 is 0 Å². The molecule has 0 radical (unpaired) electrons. The second kappa shape index (κ2) is 8.12. The van der Waals surface area contributed by atoms with Gasteiger partial charge in [-0.1, -0.05) is 30.3 Å². The zero-order valence-electron chi connectivity index (χ0n) is 14.5. The van der Waals surface area contributed by atoms with Crippen LogP contribution in [0.1, 0.15) is 12.5 Å². The number of amides is 1. The third-order valence-corrected chi connectivity index (χ3v) is 4.74. The summed E-state index contributed by atoms with van der Waals surface area (Å²) in [6.07, 6.45) is 0. The number of nitrogens with zero attached hydrogens (tertiary/aromatic N) is 2. The zero-order valence-corrected chi connectivity index (χ0v) is 14.5. The molecule has 25 heavy (non-hydrogen) atoms. The Bertz CT molecular complexity index is 682. The number of carbonyl (C=O) groups excluding carboxylic acids is 1. The minimum atomic E-state index is -0.217. The lowest BCUT2D eigenvalue weighted by molar-refractivity contribution is -0.126. The number of anilines is 1. The quantitative estimate of drug-likeness (QED) is 0.908. The summed E-state index contributed by atoms with van der Waals surface area (Å²) in [6, 6.07) is 16.4. The molecule has 1 atom stereocenters. The summed E-state index contributed by atoms with van der Waals surface area (Å²) in [6.45, 7) is 5.81. The number of benzene rings is 2. The van der Waals surface area contributed by atoms with Crippen molar-refractivity contribution in [1.29, 1.82) is 0 Å². The number of nitrogens with one attached hydrogen (secondary N) is 1. The van der Waals surface area contributed by atoms with Crippen LogP contribution in [-0.2, 0) is 11.3 Å². The maximum absolute atomic E-state index is 13.0. The molecule has 1 amide bonds. The largest absolute Gasteiger partial charge is 0.369 e. The Morgan fingerprint density at radius 1 is 1.04 bits per heavy atom. The molecule has 0 saturated carbocycles. The van der Waals surface area contributed by atoms with Crippen LogP contribution in [0.3, 0.4) is 0 Å². The molecule has 1 saturated heterocycles. The smallest absolute Gasteiger partial charge is 0.237 e. The van der Waals surface area contributed by atoms with Crippen molar-refractivity contribution in [3.63, 3.8) is 0 Å². The van der Waals surface area contributed by atoms with Crippen molar-refractivity contribution in [2.45, 2.75) is 19.5 Å². The van der Waals surface area contributed by atoms with E-state index in [2.05, 4.69) is 15.1 Å². The Hall–Kier alpha value is -2.40. The van der Waals surface area contributed by atoms with Crippen LogP contribution in [0.2, 0.25) is 0 Å². The lowest BCUT2D eigenvalue weighted by Gasteiger charge is -2.38. The molecule has 0 unspecified atom stereocenters. The Kier molecular flexibility index (Phi) is 5.66. The van der Waals surface area contributed by atoms with Crippen molar-refractivity contribution in [1.82, 2.24) is 10.2 Å². The van der Waals surface area contributed by atoms with Gasteiger partial charge in [0.2, 0.25) is 5.91 Å². The number of hydrogen-bond acceptors (Lipinski definition) is 3. The van der Waals surface area contributed by atoms with Gasteiger partial charge in [-0.25, -0.2) is 4.39 Å². The van der Waals surface area contributed by atoms with Gasteiger partial charge in [0.15, 0.2) is 0 Å². The van der Waals surface area contributed by atoms with Gasteiger partial charge in [-0.05, 0) is 36.8 Å². The standard InChI is InChI=1S/C20H24FN3O/c1-16(20(25)22-15-17-5-3-2-4-6-17)23-11-13-24(14-12-23)19-9-7-18(21)8-10-19/h2-10,16H,11-15H2,1H3,(H,22,25)/t16-/m0/s1.